The molecule has 0 saturated heterocycles. The van der Waals surface area contributed by atoms with Gasteiger partial charge in [-0.3, -0.25) is 10.1 Å². The van der Waals surface area contributed by atoms with Gasteiger partial charge >= 0.3 is 5.97 Å². The number of rotatable bonds is 4. The van der Waals surface area contributed by atoms with E-state index >= 15 is 0 Å². The van der Waals surface area contributed by atoms with E-state index in [0.717, 1.165) is 17.3 Å². The first kappa shape index (κ1) is 15.8. The van der Waals surface area contributed by atoms with Crippen LogP contribution in [0.3, 0.4) is 0 Å². The first-order valence-electron chi connectivity index (χ1n) is 7.01. The molecule has 1 aliphatic carbocycles. The van der Waals surface area contributed by atoms with Crippen molar-refractivity contribution in [2.24, 2.45) is 0 Å². The molecule has 0 amide bonds. The van der Waals surface area contributed by atoms with Gasteiger partial charge in [0.2, 0.25) is 0 Å². The van der Waals surface area contributed by atoms with Crippen molar-refractivity contribution in [2.75, 3.05) is 0 Å². The maximum Gasteiger partial charge on any atom is 0.325 e. The second kappa shape index (κ2) is 7.43. The molecule has 1 unspecified atom stereocenters. The van der Waals surface area contributed by atoms with Crippen molar-refractivity contribution < 1.29 is 9.90 Å². The van der Waals surface area contributed by atoms with Crippen LogP contribution in [0.2, 0.25) is 5.02 Å². The van der Waals surface area contributed by atoms with Crippen LogP contribution in [0.1, 0.15) is 50.1 Å². The van der Waals surface area contributed by atoms with Crippen LogP contribution in [0.15, 0.2) is 22.7 Å². The largest absolute Gasteiger partial charge is 0.480 e. The molecular formula is C15H19BrClNO2. The quantitative estimate of drug-likeness (QED) is 0.775. The molecule has 2 N–H and O–H groups in total. The Labute approximate surface area is 132 Å². The van der Waals surface area contributed by atoms with Gasteiger partial charge in [0.25, 0.3) is 0 Å². The van der Waals surface area contributed by atoms with E-state index in [9.17, 15) is 9.90 Å². The second-order valence-electron chi connectivity index (χ2n) is 5.29. The number of halogens is 2. The molecule has 0 heterocycles. The van der Waals surface area contributed by atoms with Gasteiger partial charge < -0.3 is 5.11 Å². The minimum atomic E-state index is -0.864. The van der Waals surface area contributed by atoms with E-state index in [-0.39, 0.29) is 6.04 Å². The van der Waals surface area contributed by atoms with Gasteiger partial charge in [-0.15, -0.1) is 0 Å². The highest BCUT2D eigenvalue weighted by Crippen LogP contribution is 2.29. The number of hydrogen-bond donors (Lipinski definition) is 2. The summed E-state index contributed by atoms with van der Waals surface area (Å²) in [4.78, 5) is 11.6. The maximum absolute atomic E-state index is 11.6. The van der Waals surface area contributed by atoms with Crippen molar-refractivity contribution in [3.05, 3.63) is 33.3 Å². The SMILES string of the molecule is O=C(O)C(NC1CCCCCC1)c1cc(Cl)ccc1Br. The summed E-state index contributed by atoms with van der Waals surface area (Å²) in [7, 11) is 0. The Bertz CT molecular complexity index is 473. The number of hydrogen-bond acceptors (Lipinski definition) is 2. The third-order valence-corrected chi connectivity index (χ3v) is 4.73. The first-order valence-corrected chi connectivity index (χ1v) is 8.19. The molecule has 1 saturated carbocycles. The van der Waals surface area contributed by atoms with E-state index in [0.29, 0.717) is 10.6 Å². The van der Waals surface area contributed by atoms with Gasteiger partial charge in [-0.2, -0.15) is 0 Å². The van der Waals surface area contributed by atoms with Crippen molar-refractivity contribution >= 4 is 33.5 Å². The predicted molar refractivity (Wildman–Crippen MR) is 84.2 cm³/mol. The summed E-state index contributed by atoms with van der Waals surface area (Å²) in [6.07, 6.45) is 6.92. The maximum atomic E-state index is 11.6. The Kier molecular flexibility index (Phi) is 5.87. The standard InChI is InChI=1S/C15H19BrClNO2/c16-13-8-7-10(17)9-12(13)14(15(19)20)18-11-5-3-1-2-4-6-11/h7-9,11,14,18H,1-6H2,(H,19,20). The van der Waals surface area contributed by atoms with Crippen molar-refractivity contribution in [1.29, 1.82) is 0 Å². The molecule has 0 aliphatic heterocycles. The topological polar surface area (TPSA) is 49.3 Å². The highest BCUT2D eigenvalue weighted by Gasteiger charge is 2.25. The summed E-state index contributed by atoms with van der Waals surface area (Å²) >= 11 is 9.41. The molecule has 0 radical (unpaired) electrons. The van der Waals surface area contributed by atoms with Gasteiger partial charge in [0.05, 0.1) is 0 Å². The van der Waals surface area contributed by atoms with Crippen LogP contribution >= 0.6 is 27.5 Å². The van der Waals surface area contributed by atoms with E-state index in [1.807, 2.05) is 0 Å². The van der Waals surface area contributed by atoms with Crippen LogP contribution < -0.4 is 5.32 Å². The molecule has 2 rings (SSSR count). The van der Waals surface area contributed by atoms with Gasteiger partial charge in [0, 0.05) is 15.5 Å². The molecule has 1 fully saturated rings. The Morgan fingerprint density at radius 1 is 1.30 bits per heavy atom. The Morgan fingerprint density at radius 2 is 1.95 bits per heavy atom. The molecule has 0 aromatic heterocycles. The molecule has 110 valence electrons. The number of carboxylic acid groups (broad SMARTS) is 1. The Hall–Kier alpha value is -0.580. The average Bonchev–Trinajstić information content (AvgIpc) is 2.67. The molecule has 1 atom stereocenters. The number of aliphatic carboxylic acids is 1. The highest BCUT2D eigenvalue weighted by molar-refractivity contribution is 9.10. The van der Waals surface area contributed by atoms with Crippen LogP contribution in [0.5, 0.6) is 0 Å². The average molecular weight is 361 g/mol. The van der Waals surface area contributed by atoms with Gasteiger partial charge in [0.15, 0.2) is 0 Å². The van der Waals surface area contributed by atoms with Crippen LogP contribution in [0.4, 0.5) is 0 Å². The van der Waals surface area contributed by atoms with Gasteiger partial charge in [-0.1, -0.05) is 53.2 Å². The summed E-state index contributed by atoms with van der Waals surface area (Å²) in [6, 6.07) is 4.81. The zero-order valence-electron chi connectivity index (χ0n) is 11.2. The van der Waals surface area contributed by atoms with Crippen LogP contribution in [-0.2, 0) is 4.79 Å². The monoisotopic (exact) mass is 359 g/mol. The molecule has 1 aromatic carbocycles. The predicted octanol–water partition coefficient (Wildman–Crippen LogP) is 4.54. The number of carboxylic acids is 1. The minimum absolute atomic E-state index is 0.268. The van der Waals surface area contributed by atoms with Crippen molar-refractivity contribution in [3.63, 3.8) is 0 Å². The first-order chi connectivity index (χ1) is 9.58. The third-order valence-electron chi connectivity index (χ3n) is 3.77. The molecule has 5 heteroatoms. The second-order valence-corrected chi connectivity index (χ2v) is 6.58. The number of nitrogens with one attached hydrogen (secondary N) is 1. The number of carbonyl (C=O) groups is 1. The van der Waals surface area contributed by atoms with Crippen LogP contribution in [0, 0.1) is 0 Å². The van der Waals surface area contributed by atoms with E-state index in [2.05, 4.69) is 21.2 Å². The lowest BCUT2D eigenvalue weighted by atomic mass is 10.0. The van der Waals surface area contributed by atoms with Gasteiger partial charge in [0.1, 0.15) is 6.04 Å². The lowest BCUT2D eigenvalue weighted by Crippen LogP contribution is -2.37. The zero-order chi connectivity index (χ0) is 14.5. The van der Waals surface area contributed by atoms with Crippen molar-refractivity contribution in [2.45, 2.75) is 50.6 Å². The van der Waals surface area contributed by atoms with Crippen molar-refractivity contribution in [3.8, 4) is 0 Å². The molecule has 20 heavy (non-hydrogen) atoms. The fourth-order valence-corrected chi connectivity index (χ4v) is 3.37. The van der Waals surface area contributed by atoms with E-state index in [1.165, 1.54) is 25.7 Å². The van der Waals surface area contributed by atoms with Crippen LogP contribution in [-0.4, -0.2) is 17.1 Å². The Morgan fingerprint density at radius 3 is 2.55 bits per heavy atom. The highest BCUT2D eigenvalue weighted by atomic mass is 79.9. The lowest BCUT2D eigenvalue weighted by molar-refractivity contribution is -0.140. The third kappa shape index (κ3) is 4.21. The molecule has 0 spiro atoms. The summed E-state index contributed by atoms with van der Waals surface area (Å²) < 4.78 is 0.774. The van der Waals surface area contributed by atoms with Crippen molar-refractivity contribution in [1.82, 2.24) is 5.32 Å². The zero-order valence-corrected chi connectivity index (χ0v) is 13.6. The molecular weight excluding hydrogens is 342 g/mol. The minimum Gasteiger partial charge on any atom is -0.480 e. The van der Waals surface area contributed by atoms with E-state index in [4.69, 9.17) is 11.6 Å². The van der Waals surface area contributed by atoms with E-state index in [1.54, 1.807) is 18.2 Å². The van der Waals surface area contributed by atoms with Gasteiger partial charge in [-0.05, 0) is 36.6 Å². The fourth-order valence-electron chi connectivity index (χ4n) is 2.71. The Balaban J connectivity index is 2.17. The summed E-state index contributed by atoms with van der Waals surface area (Å²) in [5, 5.41) is 13.4. The molecule has 1 aromatic rings. The summed E-state index contributed by atoms with van der Waals surface area (Å²) in [6.45, 7) is 0. The van der Waals surface area contributed by atoms with Crippen LogP contribution in [0.25, 0.3) is 0 Å². The van der Waals surface area contributed by atoms with Gasteiger partial charge in [-0.25, -0.2) is 0 Å². The molecule has 3 nitrogen and oxygen atoms in total. The fraction of sp³-hybridized carbons (Fsp3) is 0.533. The van der Waals surface area contributed by atoms with E-state index < -0.39 is 12.0 Å². The smallest absolute Gasteiger partial charge is 0.325 e. The number of benzene rings is 1. The molecule has 1 aliphatic rings. The lowest BCUT2D eigenvalue weighted by Gasteiger charge is -2.23. The molecule has 0 bridgehead atoms. The summed E-state index contributed by atoms with van der Waals surface area (Å²) in [5.41, 5.74) is 0.689. The normalized spacial score (nSPS) is 18.5. The summed E-state index contributed by atoms with van der Waals surface area (Å²) in [5.74, 6) is -0.864.